The molecule has 4 heteroatoms. The summed E-state index contributed by atoms with van der Waals surface area (Å²) in [4.78, 5) is 16.8. The highest BCUT2D eigenvalue weighted by Crippen LogP contribution is 2.33. The number of carbonyl (C=O) groups is 1. The predicted molar refractivity (Wildman–Crippen MR) is 68.9 cm³/mol. The zero-order valence-corrected chi connectivity index (χ0v) is 11.1. The van der Waals surface area contributed by atoms with Crippen molar-refractivity contribution in [3.63, 3.8) is 0 Å². The number of nitrogens with one attached hydrogen (secondary N) is 2. The lowest BCUT2D eigenvalue weighted by atomic mass is 9.91. The Morgan fingerprint density at radius 2 is 1.76 bits per heavy atom. The Balaban J connectivity index is 2.14. The number of amides is 1. The molecule has 17 heavy (non-hydrogen) atoms. The Morgan fingerprint density at radius 1 is 1.18 bits per heavy atom. The summed E-state index contributed by atoms with van der Waals surface area (Å²) in [5.41, 5.74) is -0.535. The van der Waals surface area contributed by atoms with Crippen molar-refractivity contribution in [2.24, 2.45) is 4.99 Å². The van der Waals surface area contributed by atoms with Crippen molar-refractivity contribution in [1.82, 2.24) is 10.6 Å². The van der Waals surface area contributed by atoms with Gasteiger partial charge in [0.15, 0.2) is 5.96 Å². The van der Waals surface area contributed by atoms with E-state index in [1.54, 1.807) is 0 Å². The van der Waals surface area contributed by atoms with Crippen LogP contribution in [-0.2, 0) is 4.79 Å². The van der Waals surface area contributed by atoms with Crippen LogP contribution in [0.15, 0.2) is 4.99 Å². The smallest absolute Gasteiger partial charge is 0.254 e. The number of aliphatic imine (C=N–C) groups is 1. The summed E-state index contributed by atoms with van der Waals surface area (Å²) in [5.74, 6) is 0.746. The fraction of sp³-hybridized carbons (Fsp3) is 0.846. The normalized spacial score (nSPS) is 24.2. The molecule has 2 aliphatic rings. The molecule has 0 aromatic heterocycles. The highest BCUT2D eigenvalue weighted by Gasteiger charge is 2.43. The largest absolute Gasteiger partial charge is 0.351 e. The van der Waals surface area contributed by atoms with Crippen molar-refractivity contribution < 1.29 is 4.79 Å². The lowest BCUT2D eigenvalue weighted by Gasteiger charge is -2.21. The second kappa shape index (κ2) is 4.31. The Labute approximate surface area is 103 Å². The third-order valence-corrected chi connectivity index (χ3v) is 3.40. The van der Waals surface area contributed by atoms with E-state index in [1.165, 1.54) is 12.8 Å². The van der Waals surface area contributed by atoms with Gasteiger partial charge in [0, 0.05) is 5.54 Å². The maximum absolute atomic E-state index is 12.1. The molecular formula is C13H23N3O. The van der Waals surface area contributed by atoms with E-state index in [0.29, 0.717) is 5.96 Å². The monoisotopic (exact) mass is 237 g/mol. The molecule has 0 aromatic carbocycles. The van der Waals surface area contributed by atoms with E-state index in [0.717, 1.165) is 25.7 Å². The molecule has 4 nitrogen and oxygen atoms in total. The van der Waals surface area contributed by atoms with Gasteiger partial charge in [-0.2, -0.15) is 0 Å². The van der Waals surface area contributed by atoms with E-state index in [1.807, 2.05) is 0 Å². The van der Waals surface area contributed by atoms with Gasteiger partial charge < -0.3 is 5.32 Å². The summed E-state index contributed by atoms with van der Waals surface area (Å²) in [6.45, 7) is 6.21. The Bertz CT molecular complexity index is 333. The van der Waals surface area contributed by atoms with E-state index < -0.39 is 5.54 Å². The quantitative estimate of drug-likeness (QED) is 0.676. The molecule has 0 atom stereocenters. The van der Waals surface area contributed by atoms with Gasteiger partial charge >= 0.3 is 0 Å². The maximum atomic E-state index is 12.1. The first kappa shape index (κ1) is 12.4. The van der Waals surface area contributed by atoms with Crippen molar-refractivity contribution >= 4 is 11.9 Å². The second-order valence-electron chi connectivity index (χ2n) is 6.24. The summed E-state index contributed by atoms with van der Waals surface area (Å²) in [7, 11) is 0. The molecule has 1 aliphatic heterocycles. The molecule has 96 valence electrons. The third-order valence-electron chi connectivity index (χ3n) is 3.40. The van der Waals surface area contributed by atoms with Gasteiger partial charge in [-0.1, -0.05) is 25.7 Å². The van der Waals surface area contributed by atoms with Gasteiger partial charge in [-0.3, -0.25) is 10.1 Å². The predicted octanol–water partition coefficient (Wildman–Crippen LogP) is 1.95. The van der Waals surface area contributed by atoms with E-state index >= 15 is 0 Å². The minimum absolute atomic E-state index is 0.0671. The third kappa shape index (κ3) is 2.79. The number of hydrogen-bond acceptors (Lipinski definition) is 3. The highest BCUT2D eigenvalue weighted by molar-refractivity contribution is 6.07. The summed E-state index contributed by atoms with van der Waals surface area (Å²) >= 11 is 0. The molecule has 0 saturated heterocycles. The first-order chi connectivity index (χ1) is 7.91. The zero-order valence-electron chi connectivity index (χ0n) is 11.1. The number of nitrogens with zero attached hydrogens (tertiary/aromatic N) is 1. The fourth-order valence-corrected chi connectivity index (χ4v) is 2.58. The van der Waals surface area contributed by atoms with Crippen LogP contribution in [-0.4, -0.2) is 22.9 Å². The molecule has 2 rings (SSSR count). The number of rotatable bonds is 0. The molecule has 1 spiro atoms. The molecule has 0 aromatic rings. The van der Waals surface area contributed by atoms with Crippen LogP contribution in [0, 0.1) is 0 Å². The zero-order chi connectivity index (χ0) is 12.5. The number of hydrogen-bond donors (Lipinski definition) is 2. The molecule has 0 radical (unpaired) electrons. The molecule has 1 heterocycles. The molecule has 0 unspecified atom stereocenters. The van der Waals surface area contributed by atoms with Crippen LogP contribution >= 0.6 is 0 Å². The maximum Gasteiger partial charge on any atom is 0.254 e. The lowest BCUT2D eigenvalue weighted by molar-refractivity contribution is -0.124. The van der Waals surface area contributed by atoms with E-state index in [2.05, 4.69) is 36.4 Å². The fourth-order valence-electron chi connectivity index (χ4n) is 2.58. The van der Waals surface area contributed by atoms with Crippen LogP contribution < -0.4 is 10.6 Å². The topological polar surface area (TPSA) is 53.5 Å². The van der Waals surface area contributed by atoms with Crippen LogP contribution in [0.25, 0.3) is 0 Å². The van der Waals surface area contributed by atoms with Gasteiger partial charge in [0.25, 0.3) is 5.91 Å². The van der Waals surface area contributed by atoms with E-state index in [9.17, 15) is 4.79 Å². The van der Waals surface area contributed by atoms with Crippen molar-refractivity contribution in [2.45, 2.75) is 70.4 Å². The van der Waals surface area contributed by atoms with Crippen molar-refractivity contribution in [3.05, 3.63) is 0 Å². The molecule has 0 bridgehead atoms. The van der Waals surface area contributed by atoms with Gasteiger partial charge in [0.1, 0.15) is 5.54 Å². The summed E-state index contributed by atoms with van der Waals surface area (Å²) < 4.78 is 0. The standard InChI is InChI=1S/C13H23N3O/c1-12(2,3)15-11-14-10(17)13(16-11)8-6-4-5-7-9-13/h4-9H2,1-3H3,(H2,14,15,16,17). The van der Waals surface area contributed by atoms with Crippen LogP contribution in [0.1, 0.15) is 59.3 Å². The Hall–Kier alpha value is -1.06. The molecule has 2 N–H and O–H groups in total. The summed E-state index contributed by atoms with van der Waals surface area (Å²) in [6, 6.07) is 0. The molecule has 1 aliphatic carbocycles. The Kier molecular flexibility index (Phi) is 3.15. The van der Waals surface area contributed by atoms with Crippen LogP contribution in [0.3, 0.4) is 0 Å². The van der Waals surface area contributed by atoms with Crippen LogP contribution in [0.5, 0.6) is 0 Å². The van der Waals surface area contributed by atoms with Gasteiger partial charge in [-0.25, -0.2) is 4.99 Å². The van der Waals surface area contributed by atoms with Crippen molar-refractivity contribution in [2.75, 3.05) is 0 Å². The number of guanidine groups is 1. The van der Waals surface area contributed by atoms with E-state index in [4.69, 9.17) is 0 Å². The minimum atomic E-state index is -0.468. The minimum Gasteiger partial charge on any atom is -0.351 e. The van der Waals surface area contributed by atoms with Crippen LogP contribution in [0.4, 0.5) is 0 Å². The average molecular weight is 237 g/mol. The summed E-state index contributed by atoms with van der Waals surface area (Å²) in [5, 5.41) is 6.16. The molecule has 1 saturated carbocycles. The van der Waals surface area contributed by atoms with Gasteiger partial charge in [-0.15, -0.1) is 0 Å². The second-order valence-corrected chi connectivity index (χ2v) is 6.24. The summed E-state index contributed by atoms with van der Waals surface area (Å²) in [6.07, 6.45) is 6.47. The van der Waals surface area contributed by atoms with Crippen LogP contribution in [0.2, 0.25) is 0 Å². The first-order valence-corrected chi connectivity index (χ1v) is 6.61. The molecular weight excluding hydrogens is 214 g/mol. The van der Waals surface area contributed by atoms with E-state index in [-0.39, 0.29) is 11.4 Å². The van der Waals surface area contributed by atoms with Gasteiger partial charge in [0.2, 0.25) is 0 Å². The van der Waals surface area contributed by atoms with Crippen molar-refractivity contribution in [1.29, 1.82) is 0 Å². The number of carbonyl (C=O) groups excluding carboxylic acids is 1. The SMILES string of the molecule is CC(C)(C)NC1=NC2(CCCCCC2)C(=O)N1. The first-order valence-electron chi connectivity index (χ1n) is 6.61. The average Bonchev–Trinajstić information content (AvgIpc) is 2.37. The van der Waals surface area contributed by atoms with Gasteiger partial charge in [-0.05, 0) is 33.6 Å². The highest BCUT2D eigenvalue weighted by atomic mass is 16.2. The van der Waals surface area contributed by atoms with Gasteiger partial charge in [0.05, 0.1) is 0 Å². The molecule has 1 amide bonds. The lowest BCUT2D eigenvalue weighted by Crippen LogP contribution is -2.47. The molecule has 1 fully saturated rings. The van der Waals surface area contributed by atoms with Crippen molar-refractivity contribution in [3.8, 4) is 0 Å². The Morgan fingerprint density at radius 3 is 2.29 bits per heavy atom.